The van der Waals surface area contributed by atoms with Gasteiger partial charge in [-0.2, -0.15) is 0 Å². The van der Waals surface area contributed by atoms with Crippen LogP contribution in [0.5, 0.6) is 5.75 Å². The SMILES string of the molecule is COc1ccc(CN=C2NC(=O)C[C@@H](C(=O)Nc3ccc(Cl)cc3)S2)cc1. The summed E-state index contributed by atoms with van der Waals surface area (Å²) in [6.45, 7) is 0.401. The highest BCUT2D eigenvalue weighted by Crippen LogP contribution is 2.23. The maximum atomic E-state index is 12.5. The van der Waals surface area contributed by atoms with E-state index in [4.69, 9.17) is 16.3 Å². The van der Waals surface area contributed by atoms with E-state index >= 15 is 0 Å². The monoisotopic (exact) mass is 403 g/mol. The Kier molecular flexibility index (Phi) is 6.36. The summed E-state index contributed by atoms with van der Waals surface area (Å²) in [7, 11) is 1.61. The molecule has 0 aliphatic carbocycles. The second kappa shape index (κ2) is 8.92. The second-order valence-electron chi connectivity index (χ2n) is 5.82. The first kappa shape index (κ1) is 19.3. The number of halogens is 1. The molecular weight excluding hydrogens is 386 g/mol. The van der Waals surface area contributed by atoms with Gasteiger partial charge >= 0.3 is 0 Å². The van der Waals surface area contributed by atoms with Crippen LogP contribution < -0.4 is 15.4 Å². The van der Waals surface area contributed by atoms with Crippen molar-refractivity contribution in [2.75, 3.05) is 12.4 Å². The molecule has 0 saturated carbocycles. The Bertz CT molecular complexity index is 854. The number of carbonyl (C=O) groups is 2. The summed E-state index contributed by atoms with van der Waals surface area (Å²) >= 11 is 7.09. The predicted octanol–water partition coefficient (Wildman–Crippen LogP) is 3.47. The Morgan fingerprint density at radius 3 is 2.63 bits per heavy atom. The van der Waals surface area contributed by atoms with Crippen molar-refractivity contribution in [2.24, 2.45) is 4.99 Å². The number of methoxy groups -OCH3 is 1. The van der Waals surface area contributed by atoms with Crippen LogP contribution in [-0.4, -0.2) is 29.3 Å². The zero-order valence-corrected chi connectivity index (χ0v) is 16.1. The fourth-order valence-corrected chi connectivity index (χ4v) is 3.53. The van der Waals surface area contributed by atoms with Gasteiger partial charge in [0.05, 0.1) is 13.7 Å². The molecule has 3 rings (SSSR count). The lowest BCUT2D eigenvalue weighted by atomic mass is 10.2. The van der Waals surface area contributed by atoms with Crippen molar-refractivity contribution in [3.05, 3.63) is 59.1 Å². The molecule has 0 radical (unpaired) electrons. The molecule has 1 aliphatic rings. The smallest absolute Gasteiger partial charge is 0.238 e. The average Bonchev–Trinajstić information content (AvgIpc) is 2.68. The molecule has 1 aliphatic heterocycles. The number of amidine groups is 1. The third kappa shape index (κ3) is 5.48. The molecule has 1 heterocycles. The van der Waals surface area contributed by atoms with Crippen LogP contribution in [0.25, 0.3) is 0 Å². The number of carbonyl (C=O) groups excluding carboxylic acids is 2. The minimum atomic E-state index is -0.538. The fourth-order valence-electron chi connectivity index (χ4n) is 2.42. The van der Waals surface area contributed by atoms with Crippen LogP contribution in [-0.2, 0) is 16.1 Å². The first-order valence-corrected chi connectivity index (χ1v) is 9.49. The molecule has 0 aromatic heterocycles. The topological polar surface area (TPSA) is 79.8 Å². The molecule has 27 heavy (non-hydrogen) atoms. The molecule has 2 aromatic rings. The van der Waals surface area contributed by atoms with Gasteiger partial charge in [-0.15, -0.1) is 0 Å². The standard InChI is InChI=1S/C19H18ClN3O3S/c1-26-15-8-2-12(3-9-15)11-21-19-23-17(24)10-16(27-19)18(25)22-14-6-4-13(20)5-7-14/h2-9,16H,10-11H2,1H3,(H,22,25)(H,21,23,24)/t16-/m0/s1. The van der Waals surface area contributed by atoms with E-state index in [1.54, 1.807) is 31.4 Å². The first-order chi connectivity index (χ1) is 13.0. The van der Waals surface area contributed by atoms with Crippen LogP contribution in [0.4, 0.5) is 5.69 Å². The number of rotatable bonds is 5. The van der Waals surface area contributed by atoms with E-state index in [9.17, 15) is 9.59 Å². The van der Waals surface area contributed by atoms with E-state index in [2.05, 4.69) is 15.6 Å². The highest BCUT2D eigenvalue weighted by molar-refractivity contribution is 8.15. The minimum Gasteiger partial charge on any atom is -0.497 e. The molecule has 0 spiro atoms. The van der Waals surface area contributed by atoms with Crippen LogP contribution in [0.3, 0.4) is 0 Å². The quantitative estimate of drug-likeness (QED) is 0.801. The number of thioether (sulfide) groups is 1. The molecule has 1 saturated heterocycles. The summed E-state index contributed by atoms with van der Waals surface area (Å²) in [5.74, 6) is 0.304. The third-order valence-electron chi connectivity index (χ3n) is 3.84. The Hall–Kier alpha value is -2.51. The number of aliphatic imine (C=N–C) groups is 1. The summed E-state index contributed by atoms with van der Waals surface area (Å²) in [5.41, 5.74) is 1.61. The Balaban J connectivity index is 1.63. The van der Waals surface area contributed by atoms with Crippen molar-refractivity contribution in [1.82, 2.24) is 5.32 Å². The van der Waals surface area contributed by atoms with Crippen molar-refractivity contribution in [2.45, 2.75) is 18.2 Å². The molecule has 8 heteroatoms. The van der Waals surface area contributed by atoms with Crippen molar-refractivity contribution in [3.8, 4) is 5.75 Å². The molecule has 1 fully saturated rings. The van der Waals surface area contributed by atoms with Gasteiger partial charge in [0.25, 0.3) is 0 Å². The number of amides is 2. The summed E-state index contributed by atoms with van der Waals surface area (Å²) < 4.78 is 5.12. The zero-order chi connectivity index (χ0) is 19.2. The van der Waals surface area contributed by atoms with Gasteiger partial charge in [-0.05, 0) is 42.0 Å². The van der Waals surface area contributed by atoms with Crippen molar-refractivity contribution in [1.29, 1.82) is 0 Å². The van der Waals surface area contributed by atoms with Gasteiger partial charge < -0.3 is 15.4 Å². The van der Waals surface area contributed by atoms with Gasteiger partial charge in [0.1, 0.15) is 11.0 Å². The average molecular weight is 404 g/mol. The van der Waals surface area contributed by atoms with Crippen LogP contribution in [0.2, 0.25) is 5.02 Å². The van der Waals surface area contributed by atoms with Crippen molar-refractivity contribution < 1.29 is 14.3 Å². The maximum Gasteiger partial charge on any atom is 0.238 e. The lowest BCUT2D eigenvalue weighted by Gasteiger charge is -2.22. The molecule has 140 valence electrons. The molecule has 6 nitrogen and oxygen atoms in total. The Morgan fingerprint density at radius 2 is 1.96 bits per heavy atom. The van der Waals surface area contributed by atoms with E-state index in [1.807, 2.05) is 24.3 Å². The Labute approximate surface area is 166 Å². The highest BCUT2D eigenvalue weighted by atomic mass is 35.5. The third-order valence-corrected chi connectivity index (χ3v) is 5.21. The molecule has 0 unspecified atom stereocenters. The van der Waals surface area contributed by atoms with E-state index < -0.39 is 5.25 Å². The van der Waals surface area contributed by atoms with Crippen LogP contribution in [0.15, 0.2) is 53.5 Å². The van der Waals surface area contributed by atoms with E-state index in [-0.39, 0.29) is 18.2 Å². The lowest BCUT2D eigenvalue weighted by molar-refractivity contribution is -0.123. The molecule has 1 atom stereocenters. The normalized spacial score (nSPS) is 18.1. The predicted molar refractivity (Wildman–Crippen MR) is 108 cm³/mol. The highest BCUT2D eigenvalue weighted by Gasteiger charge is 2.30. The van der Waals surface area contributed by atoms with Gasteiger partial charge in [-0.1, -0.05) is 35.5 Å². The summed E-state index contributed by atoms with van der Waals surface area (Å²) in [5, 5.41) is 6.01. The minimum absolute atomic E-state index is 0.103. The molecule has 2 amide bonds. The molecule has 2 N–H and O–H groups in total. The van der Waals surface area contributed by atoms with Gasteiger partial charge in [-0.3, -0.25) is 14.6 Å². The van der Waals surface area contributed by atoms with E-state index in [0.29, 0.717) is 22.4 Å². The molecule has 0 bridgehead atoms. The number of hydrogen-bond acceptors (Lipinski definition) is 5. The summed E-state index contributed by atoms with van der Waals surface area (Å²) in [6, 6.07) is 14.3. The zero-order valence-electron chi connectivity index (χ0n) is 14.6. The van der Waals surface area contributed by atoms with Gasteiger partial charge in [0.15, 0.2) is 5.17 Å². The Morgan fingerprint density at radius 1 is 1.26 bits per heavy atom. The molecular formula is C19H18ClN3O3S. The van der Waals surface area contributed by atoms with Gasteiger partial charge in [0, 0.05) is 17.1 Å². The maximum absolute atomic E-state index is 12.5. The van der Waals surface area contributed by atoms with Crippen LogP contribution >= 0.6 is 23.4 Å². The largest absolute Gasteiger partial charge is 0.497 e. The summed E-state index contributed by atoms with van der Waals surface area (Å²) in [6.07, 6.45) is 0.103. The fraction of sp³-hybridized carbons (Fsp3) is 0.211. The van der Waals surface area contributed by atoms with Gasteiger partial charge in [0.2, 0.25) is 11.8 Å². The number of nitrogens with zero attached hydrogens (tertiary/aromatic N) is 1. The number of nitrogens with one attached hydrogen (secondary N) is 2. The van der Waals surface area contributed by atoms with Crippen LogP contribution in [0, 0.1) is 0 Å². The number of ether oxygens (including phenoxy) is 1. The van der Waals surface area contributed by atoms with E-state index in [0.717, 1.165) is 11.3 Å². The summed E-state index contributed by atoms with van der Waals surface area (Å²) in [4.78, 5) is 28.9. The van der Waals surface area contributed by atoms with Crippen molar-refractivity contribution in [3.63, 3.8) is 0 Å². The number of anilines is 1. The number of hydrogen-bond donors (Lipinski definition) is 2. The van der Waals surface area contributed by atoms with Gasteiger partial charge in [-0.25, -0.2) is 0 Å². The second-order valence-corrected chi connectivity index (χ2v) is 7.45. The van der Waals surface area contributed by atoms with Crippen LogP contribution in [0.1, 0.15) is 12.0 Å². The number of benzene rings is 2. The van der Waals surface area contributed by atoms with Crippen molar-refractivity contribution >= 4 is 46.0 Å². The van der Waals surface area contributed by atoms with E-state index in [1.165, 1.54) is 11.8 Å². The molecule has 2 aromatic carbocycles. The first-order valence-electron chi connectivity index (χ1n) is 8.24. The lowest BCUT2D eigenvalue weighted by Crippen LogP contribution is -2.42.